The molecule has 0 aromatic carbocycles. The molecule has 0 saturated carbocycles. The van der Waals surface area contributed by atoms with Crippen molar-refractivity contribution >= 4 is 12.0 Å². The summed E-state index contributed by atoms with van der Waals surface area (Å²) in [6.07, 6.45) is 2.63. The van der Waals surface area contributed by atoms with Crippen LogP contribution >= 0.6 is 0 Å². The second-order valence-corrected chi connectivity index (χ2v) is 4.53. The zero-order valence-electron chi connectivity index (χ0n) is 10.8. The van der Waals surface area contributed by atoms with Crippen LogP contribution in [0.3, 0.4) is 0 Å². The lowest BCUT2D eigenvalue weighted by Crippen LogP contribution is -2.51. The number of aliphatic hydroxyl groups is 1. The maximum absolute atomic E-state index is 12.3. The molecule has 2 N–H and O–H groups in total. The largest absolute Gasteiger partial charge is 0.481 e. The van der Waals surface area contributed by atoms with Crippen LogP contribution in [0.4, 0.5) is 4.79 Å². The van der Waals surface area contributed by atoms with Gasteiger partial charge in [0.2, 0.25) is 0 Å². The number of carboxylic acid groups (broad SMARTS) is 1. The van der Waals surface area contributed by atoms with Crippen LogP contribution in [0.5, 0.6) is 0 Å². The van der Waals surface area contributed by atoms with Crippen molar-refractivity contribution in [3.63, 3.8) is 0 Å². The molecule has 0 aromatic heterocycles. The first kappa shape index (κ1) is 14.8. The van der Waals surface area contributed by atoms with E-state index in [9.17, 15) is 9.59 Å². The molecule has 0 spiro atoms. The Morgan fingerprint density at radius 1 is 1.39 bits per heavy atom. The van der Waals surface area contributed by atoms with Gasteiger partial charge in [-0.1, -0.05) is 0 Å². The maximum atomic E-state index is 12.3. The minimum atomic E-state index is -0.870. The molecule has 1 atom stereocenters. The van der Waals surface area contributed by atoms with Crippen LogP contribution in [0.2, 0.25) is 0 Å². The summed E-state index contributed by atoms with van der Waals surface area (Å²) in [4.78, 5) is 26.3. The molecule has 1 aliphatic rings. The Kier molecular flexibility index (Phi) is 5.91. The van der Waals surface area contributed by atoms with Crippen LogP contribution in [-0.4, -0.2) is 64.3 Å². The zero-order valence-corrected chi connectivity index (χ0v) is 10.8. The predicted octanol–water partition coefficient (Wildman–Crippen LogP) is 0.750. The van der Waals surface area contributed by atoms with E-state index >= 15 is 0 Å². The molecule has 6 heteroatoms. The fourth-order valence-corrected chi connectivity index (χ4v) is 2.36. The van der Waals surface area contributed by atoms with E-state index in [0.29, 0.717) is 19.6 Å². The number of hydrogen-bond acceptors (Lipinski definition) is 3. The van der Waals surface area contributed by atoms with Crippen molar-refractivity contribution < 1.29 is 19.8 Å². The maximum Gasteiger partial charge on any atom is 0.320 e. The molecule has 1 aliphatic heterocycles. The van der Waals surface area contributed by atoms with Gasteiger partial charge in [-0.3, -0.25) is 4.79 Å². The lowest BCUT2D eigenvalue weighted by Gasteiger charge is -2.38. The SMILES string of the molecule is CCN(CCO)C(=O)N1CCCCC1CC(=O)O. The Morgan fingerprint density at radius 3 is 2.67 bits per heavy atom. The van der Waals surface area contributed by atoms with Gasteiger partial charge in [-0.2, -0.15) is 0 Å². The van der Waals surface area contributed by atoms with Gasteiger partial charge in [0.15, 0.2) is 0 Å². The van der Waals surface area contributed by atoms with Crippen LogP contribution in [0.25, 0.3) is 0 Å². The van der Waals surface area contributed by atoms with Crippen molar-refractivity contribution in [3.8, 4) is 0 Å². The van der Waals surface area contributed by atoms with Crippen LogP contribution in [-0.2, 0) is 4.79 Å². The molecular weight excluding hydrogens is 236 g/mol. The summed E-state index contributed by atoms with van der Waals surface area (Å²) in [5.74, 6) is -0.870. The number of hydrogen-bond donors (Lipinski definition) is 2. The summed E-state index contributed by atoms with van der Waals surface area (Å²) >= 11 is 0. The Balaban J connectivity index is 2.69. The summed E-state index contributed by atoms with van der Waals surface area (Å²) < 4.78 is 0. The van der Waals surface area contributed by atoms with E-state index < -0.39 is 5.97 Å². The molecule has 0 aromatic rings. The van der Waals surface area contributed by atoms with Crippen LogP contribution in [0.1, 0.15) is 32.6 Å². The summed E-state index contributed by atoms with van der Waals surface area (Å²) in [5, 5.41) is 17.8. The molecule has 1 saturated heterocycles. The number of likely N-dealkylation sites (tertiary alicyclic amines) is 1. The van der Waals surface area contributed by atoms with E-state index in [1.54, 1.807) is 9.80 Å². The number of carbonyl (C=O) groups excluding carboxylic acids is 1. The van der Waals surface area contributed by atoms with Gasteiger partial charge in [0, 0.05) is 25.7 Å². The minimum Gasteiger partial charge on any atom is -0.481 e. The lowest BCUT2D eigenvalue weighted by molar-refractivity contribution is -0.138. The highest BCUT2D eigenvalue weighted by molar-refractivity contribution is 5.76. The number of rotatable bonds is 5. The van der Waals surface area contributed by atoms with Crippen LogP contribution in [0.15, 0.2) is 0 Å². The van der Waals surface area contributed by atoms with Crippen LogP contribution < -0.4 is 0 Å². The molecule has 1 fully saturated rings. The molecule has 0 bridgehead atoms. The van der Waals surface area contributed by atoms with E-state index in [-0.39, 0.29) is 25.1 Å². The summed E-state index contributed by atoms with van der Waals surface area (Å²) in [6.45, 7) is 3.21. The van der Waals surface area contributed by atoms with E-state index in [2.05, 4.69) is 0 Å². The standard InChI is InChI=1S/C12H22N2O4/c1-2-13(7-8-15)12(18)14-6-4-3-5-10(14)9-11(16)17/h10,15H,2-9H2,1H3,(H,16,17). The second kappa shape index (κ2) is 7.20. The van der Waals surface area contributed by atoms with Crippen molar-refractivity contribution in [1.29, 1.82) is 0 Å². The van der Waals surface area contributed by atoms with Gasteiger partial charge in [0.1, 0.15) is 0 Å². The Morgan fingerprint density at radius 2 is 2.11 bits per heavy atom. The lowest BCUT2D eigenvalue weighted by atomic mass is 10.00. The highest BCUT2D eigenvalue weighted by atomic mass is 16.4. The van der Waals surface area contributed by atoms with Gasteiger partial charge in [0.05, 0.1) is 13.0 Å². The number of amides is 2. The predicted molar refractivity (Wildman–Crippen MR) is 66.3 cm³/mol. The molecule has 2 amide bonds. The van der Waals surface area contributed by atoms with E-state index in [4.69, 9.17) is 10.2 Å². The van der Waals surface area contributed by atoms with Crippen molar-refractivity contribution in [2.75, 3.05) is 26.2 Å². The van der Waals surface area contributed by atoms with Crippen molar-refractivity contribution in [2.24, 2.45) is 0 Å². The number of carbonyl (C=O) groups is 2. The number of likely N-dealkylation sites (N-methyl/N-ethyl adjacent to an activating group) is 1. The first-order valence-corrected chi connectivity index (χ1v) is 6.48. The van der Waals surface area contributed by atoms with Gasteiger partial charge >= 0.3 is 12.0 Å². The third-order valence-electron chi connectivity index (χ3n) is 3.31. The average molecular weight is 258 g/mol. The molecule has 0 aliphatic carbocycles. The first-order valence-electron chi connectivity index (χ1n) is 6.48. The molecule has 1 rings (SSSR count). The summed E-state index contributed by atoms with van der Waals surface area (Å²) in [5.41, 5.74) is 0. The average Bonchev–Trinajstić information content (AvgIpc) is 2.35. The first-order chi connectivity index (χ1) is 8.60. The molecular formula is C12H22N2O4. The highest BCUT2D eigenvalue weighted by Gasteiger charge is 2.30. The van der Waals surface area contributed by atoms with Crippen molar-refractivity contribution in [1.82, 2.24) is 9.80 Å². The zero-order chi connectivity index (χ0) is 13.5. The third-order valence-corrected chi connectivity index (χ3v) is 3.31. The number of carboxylic acids is 1. The molecule has 0 radical (unpaired) electrons. The fourth-order valence-electron chi connectivity index (χ4n) is 2.36. The Bertz CT molecular complexity index is 296. The quantitative estimate of drug-likeness (QED) is 0.762. The van der Waals surface area contributed by atoms with Crippen molar-refractivity contribution in [3.05, 3.63) is 0 Å². The van der Waals surface area contributed by atoms with Gasteiger partial charge in [0.25, 0.3) is 0 Å². The van der Waals surface area contributed by atoms with Crippen molar-refractivity contribution in [2.45, 2.75) is 38.6 Å². The fraction of sp³-hybridized carbons (Fsp3) is 0.833. The van der Waals surface area contributed by atoms with Gasteiger partial charge < -0.3 is 20.0 Å². The van der Waals surface area contributed by atoms with E-state index in [0.717, 1.165) is 19.3 Å². The van der Waals surface area contributed by atoms with Gasteiger partial charge in [-0.25, -0.2) is 4.79 Å². The normalized spacial score (nSPS) is 19.7. The number of aliphatic hydroxyl groups excluding tert-OH is 1. The van der Waals surface area contributed by atoms with E-state index in [1.165, 1.54) is 0 Å². The second-order valence-electron chi connectivity index (χ2n) is 4.53. The molecule has 1 heterocycles. The van der Waals surface area contributed by atoms with Crippen LogP contribution in [0, 0.1) is 0 Å². The summed E-state index contributed by atoms with van der Waals surface area (Å²) in [6, 6.07) is -0.367. The van der Waals surface area contributed by atoms with Gasteiger partial charge in [-0.15, -0.1) is 0 Å². The molecule has 6 nitrogen and oxygen atoms in total. The number of piperidine rings is 1. The number of aliphatic carboxylic acids is 1. The Hall–Kier alpha value is -1.30. The Labute approximate surface area is 107 Å². The topological polar surface area (TPSA) is 81.1 Å². The van der Waals surface area contributed by atoms with E-state index in [1.807, 2.05) is 6.92 Å². The van der Waals surface area contributed by atoms with Gasteiger partial charge in [-0.05, 0) is 26.2 Å². The molecule has 104 valence electrons. The monoisotopic (exact) mass is 258 g/mol. The highest BCUT2D eigenvalue weighted by Crippen LogP contribution is 2.21. The molecule has 1 unspecified atom stereocenters. The molecule has 18 heavy (non-hydrogen) atoms. The number of nitrogens with zero attached hydrogens (tertiary/aromatic N) is 2. The number of urea groups is 1. The third kappa shape index (κ3) is 3.87. The minimum absolute atomic E-state index is 0.00240. The summed E-state index contributed by atoms with van der Waals surface area (Å²) in [7, 11) is 0. The smallest absolute Gasteiger partial charge is 0.320 e.